The summed E-state index contributed by atoms with van der Waals surface area (Å²) in [6.07, 6.45) is 1.16. The Labute approximate surface area is 118 Å². The standard InChI is InChI=1S/C17H28N2/c1-13-10-15(17(2,3)4)7-6-14(13)8-9-19(5)16-11-18-12-16/h6-7,10,16,18H,8-9,11-12H2,1-5H3. The maximum absolute atomic E-state index is 3.33. The van der Waals surface area contributed by atoms with Crippen molar-refractivity contribution in [3.05, 3.63) is 34.9 Å². The van der Waals surface area contributed by atoms with Crippen molar-refractivity contribution in [2.45, 2.75) is 45.6 Å². The number of hydrogen-bond acceptors (Lipinski definition) is 2. The summed E-state index contributed by atoms with van der Waals surface area (Å²) < 4.78 is 0. The molecule has 0 unspecified atom stereocenters. The minimum Gasteiger partial charge on any atom is -0.314 e. The van der Waals surface area contributed by atoms with E-state index in [1.165, 1.54) is 16.7 Å². The number of likely N-dealkylation sites (N-methyl/N-ethyl adjacent to an activating group) is 1. The van der Waals surface area contributed by atoms with Gasteiger partial charge in [0.2, 0.25) is 0 Å². The van der Waals surface area contributed by atoms with Crippen LogP contribution in [0.15, 0.2) is 18.2 Å². The minimum atomic E-state index is 0.248. The fourth-order valence-corrected chi connectivity index (χ4v) is 2.51. The minimum absolute atomic E-state index is 0.248. The van der Waals surface area contributed by atoms with Gasteiger partial charge in [-0.3, -0.25) is 0 Å². The van der Waals surface area contributed by atoms with Gasteiger partial charge in [0.25, 0.3) is 0 Å². The third-order valence-electron chi connectivity index (χ3n) is 4.33. The van der Waals surface area contributed by atoms with Gasteiger partial charge in [0, 0.05) is 25.7 Å². The highest BCUT2D eigenvalue weighted by Crippen LogP contribution is 2.24. The fourth-order valence-electron chi connectivity index (χ4n) is 2.51. The molecule has 0 atom stereocenters. The molecule has 0 bridgehead atoms. The second-order valence-corrected chi connectivity index (χ2v) is 6.93. The van der Waals surface area contributed by atoms with Crippen molar-refractivity contribution in [2.75, 3.05) is 26.7 Å². The molecular formula is C17H28N2. The molecule has 0 radical (unpaired) electrons. The van der Waals surface area contributed by atoms with E-state index in [-0.39, 0.29) is 5.41 Å². The van der Waals surface area contributed by atoms with E-state index in [2.05, 4.69) is 63.2 Å². The van der Waals surface area contributed by atoms with E-state index >= 15 is 0 Å². The normalized spacial score (nSPS) is 16.7. The summed E-state index contributed by atoms with van der Waals surface area (Å²) in [5, 5.41) is 3.33. The van der Waals surface area contributed by atoms with E-state index in [1.54, 1.807) is 0 Å². The SMILES string of the molecule is Cc1cc(C(C)(C)C)ccc1CCN(C)C1CNC1. The second-order valence-electron chi connectivity index (χ2n) is 6.93. The molecular weight excluding hydrogens is 232 g/mol. The smallest absolute Gasteiger partial charge is 0.0342 e. The van der Waals surface area contributed by atoms with E-state index in [0.717, 1.165) is 32.1 Å². The van der Waals surface area contributed by atoms with Gasteiger partial charge in [-0.2, -0.15) is 0 Å². The number of rotatable bonds is 4. The lowest BCUT2D eigenvalue weighted by atomic mass is 9.85. The fraction of sp³-hybridized carbons (Fsp3) is 0.647. The molecule has 106 valence electrons. The highest BCUT2D eigenvalue weighted by molar-refractivity contribution is 5.34. The van der Waals surface area contributed by atoms with Gasteiger partial charge in [-0.1, -0.05) is 39.0 Å². The first-order valence-corrected chi connectivity index (χ1v) is 7.39. The summed E-state index contributed by atoms with van der Waals surface area (Å²) in [6.45, 7) is 12.5. The molecule has 1 aromatic carbocycles. The number of nitrogens with zero attached hydrogens (tertiary/aromatic N) is 1. The van der Waals surface area contributed by atoms with Crippen LogP contribution in [0.3, 0.4) is 0 Å². The molecule has 1 aliphatic rings. The van der Waals surface area contributed by atoms with Crippen molar-refractivity contribution >= 4 is 0 Å². The first-order chi connectivity index (χ1) is 8.88. The molecule has 0 spiro atoms. The Morgan fingerprint density at radius 3 is 2.42 bits per heavy atom. The van der Waals surface area contributed by atoms with Gasteiger partial charge in [0.1, 0.15) is 0 Å². The van der Waals surface area contributed by atoms with Crippen LogP contribution in [0.4, 0.5) is 0 Å². The molecule has 1 fully saturated rings. The molecule has 0 amide bonds. The summed E-state index contributed by atoms with van der Waals surface area (Å²) in [5.74, 6) is 0. The highest BCUT2D eigenvalue weighted by atomic mass is 15.2. The maximum atomic E-state index is 3.33. The maximum Gasteiger partial charge on any atom is 0.0342 e. The Morgan fingerprint density at radius 1 is 1.26 bits per heavy atom. The summed E-state index contributed by atoms with van der Waals surface area (Å²) in [4.78, 5) is 2.48. The number of aryl methyl sites for hydroxylation is 1. The van der Waals surface area contributed by atoms with Gasteiger partial charge >= 0.3 is 0 Å². The van der Waals surface area contributed by atoms with Crippen LogP contribution in [0, 0.1) is 6.92 Å². The lowest BCUT2D eigenvalue weighted by molar-refractivity contribution is 0.182. The van der Waals surface area contributed by atoms with Crippen LogP contribution in [0.1, 0.15) is 37.5 Å². The van der Waals surface area contributed by atoms with Gasteiger partial charge < -0.3 is 10.2 Å². The van der Waals surface area contributed by atoms with Gasteiger partial charge in [0.05, 0.1) is 0 Å². The van der Waals surface area contributed by atoms with Crippen LogP contribution in [0.2, 0.25) is 0 Å². The molecule has 0 saturated carbocycles. The molecule has 1 aromatic rings. The van der Waals surface area contributed by atoms with E-state index in [1.807, 2.05) is 0 Å². The predicted molar refractivity (Wildman–Crippen MR) is 82.9 cm³/mol. The van der Waals surface area contributed by atoms with Crippen molar-refractivity contribution in [2.24, 2.45) is 0 Å². The molecule has 1 heterocycles. The zero-order valence-corrected chi connectivity index (χ0v) is 13.1. The third kappa shape index (κ3) is 3.58. The van der Waals surface area contributed by atoms with Crippen LogP contribution in [0.25, 0.3) is 0 Å². The molecule has 1 aliphatic heterocycles. The molecule has 1 saturated heterocycles. The van der Waals surface area contributed by atoms with Gasteiger partial charge in [-0.25, -0.2) is 0 Å². The lowest BCUT2D eigenvalue weighted by Crippen LogP contribution is -2.56. The number of nitrogens with one attached hydrogen (secondary N) is 1. The van der Waals surface area contributed by atoms with Crippen LogP contribution in [0.5, 0.6) is 0 Å². The summed E-state index contributed by atoms with van der Waals surface area (Å²) in [6, 6.07) is 7.73. The van der Waals surface area contributed by atoms with E-state index < -0.39 is 0 Å². The van der Waals surface area contributed by atoms with Gasteiger partial charge in [0.15, 0.2) is 0 Å². The average molecular weight is 260 g/mol. The zero-order chi connectivity index (χ0) is 14.0. The molecule has 19 heavy (non-hydrogen) atoms. The molecule has 2 nitrogen and oxygen atoms in total. The quantitative estimate of drug-likeness (QED) is 0.895. The van der Waals surface area contributed by atoms with Crippen molar-refractivity contribution in [1.82, 2.24) is 10.2 Å². The van der Waals surface area contributed by atoms with Crippen molar-refractivity contribution in [1.29, 1.82) is 0 Å². The van der Waals surface area contributed by atoms with E-state index in [4.69, 9.17) is 0 Å². The van der Waals surface area contributed by atoms with Crippen molar-refractivity contribution in [3.63, 3.8) is 0 Å². The Morgan fingerprint density at radius 2 is 1.95 bits per heavy atom. The third-order valence-corrected chi connectivity index (χ3v) is 4.33. The van der Waals surface area contributed by atoms with E-state index in [9.17, 15) is 0 Å². The number of hydrogen-bond donors (Lipinski definition) is 1. The highest BCUT2D eigenvalue weighted by Gasteiger charge is 2.21. The van der Waals surface area contributed by atoms with Crippen LogP contribution >= 0.6 is 0 Å². The second kappa shape index (κ2) is 5.64. The first kappa shape index (κ1) is 14.5. The first-order valence-electron chi connectivity index (χ1n) is 7.39. The summed E-state index contributed by atoms with van der Waals surface area (Å²) in [7, 11) is 2.24. The molecule has 1 N–H and O–H groups in total. The summed E-state index contributed by atoms with van der Waals surface area (Å²) >= 11 is 0. The predicted octanol–water partition coefficient (Wildman–Crippen LogP) is 2.74. The Balaban J connectivity index is 1.97. The van der Waals surface area contributed by atoms with Crippen LogP contribution < -0.4 is 5.32 Å². The number of benzene rings is 1. The summed E-state index contributed by atoms with van der Waals surface area (Å²) in [5.41, 5.74) is 4.61. The van der Waals surface area contributed by atoms with Gasteiger partial charge in [-0.15, -0.1) is 0 Å². The van der Waals surface area contributed by atoms with E-state index in [0.29, 0.717) is 0 Å². The topological polar surface area (TPSA) is 15.3 Å². The Bertz CT molecular complexity index is 427. The zero-order valence-electron chi connectivity index (χ0n) is 13.1. The average Bonchev–Trinajstić information content (AvgIpc) is 2.23. The van der Waals surface area contributed by atoms with Crippen molar-refractivity contribution in [3.8, 4) is 0 Å². The molecule has 2 rings (SSSR count). The molecule has 0 aromatic heterocycles. The van der Waals surface area contributed by atoms with Crippen LogP contribution in [-0.4, -0.2) is 37.6 Å². The molecule has 0 aliphatic carbocycles. The van der Waals surface area contributed by atoms with Crippen molar-refractivity contribution < 1.29 is 0 Å². The van der Waals surface area contributed by atoms with Gasteiger partial charge in [-0.05, 0) is 42.5 Å². The Kier molecular flexibility index (Phi) is 4.32. The largest absolute Gasteiger partial charge is 0.314 e. The molecule has 2 heteroatoms. The lowest BCUT2D eigenvalue weighted by Gasteiger charge is -2.35. The Hall–Kier alpha value is -0.860. The monoisotopic (exact) mass is 260 g/mol. The van der Waals surface area contributed by atoms with Crippen LogP contribution in [-0.2, 0) is 11.8 Å².